The molecule has 3 nitrogen and oxygen atoms in total. The Labute approximate surface area is 145 Å². The van der Waals surface area contributed by atoms with E-state index in [1.54, 1.807) is 0 Å². The van der Waals surface area contributed by atoms with E-state index in [0.717, 1.165) is 32.0 Å². The highest BCUT2D eigenvalue weighted by Gasteiger charge is 2.18. The average Bonchev–Trinajstić information content (AvgIpc) is 3.05. The quantitative estimate of drug-likeness (QED) is 0.433. The Morgan fingerprint density at radius 1 is 0.826 bits per heavy atom. The molecule has 23 heavy (non-hydrogen) atoms. The number of rotatable bonds is 15. The van der Waals surface area contributed by atoms with Gasteiger partial charge in [-0.3, -0.25) is 4.90 Å². The van der Waals surface area contributed by atoms with E-state index in [0.29, 0.717) is 0 Å². The Balaban J connectivity index is 1.73. The first kappa shape index (κ1) is 20.9. The van der Waals surface area contributed by atoms with Crippen LogP contribution in [-0.4, -0.2) is 42.4 Å². The fourth-order valence-corrected chi connectivity index (χ4v) is 3.43. The van der Waals surface area contributed by atoms with Gasteiger partial charge in [-0.15, -0.1) is 0 Å². The van der Waals surface area contributed by atoms with E-state index in [-0.39, 0.29) is 6.23 Å². The molecule has 0 radical (unpaired) electrons. The molecule has 0 spiro atoms. The number of nitrogens with one attached hydrogen (secondary N) is 1. The largest absolute Gasteiger partial charge is 0.378 e. The molecule has 1 heterocycles. The first-order chi connectivity index (χ1) is 11.2. The van der Waals surface area contributed by atoms with Gasteiger partial charge in [0.05, 0.1) is 0 Å². The van der Waals surface area contributed by atoms with Gasteiger partial charge in [0.2, 0.25) is 0 Å². The van der Waals surface area contributed by atoms with Crippen LogP contribution < -0.4 is 5.32 Å². The van der Waals surface area contributed by atoms with Crippen molar-refractivity contribution in [2.24, 2.45) is 5.92 Å². The molecule has 0 bridgehead atoms. The third-order valence-corrected chi connectivity index (χ3v) is 4.93. The molecule has 1 atom stereocenters. The fourth-order valence-electron chi connectivity index (χ4n) is 3.43. The lowest BCUT2D eigenvalue weighted by Crippen LogP contribution is -2.32. The molecule has 2 N–H and O–H groups in total. The van der Waals surface area contributed by atoms with E-state index < -0.39 is 0 Å². The van der Waals surface area contributed by atoms with Gasteiger partial charge in [-0.1, -0.05) is 58.8 Å². The van der Waals surface area contributed by atoms with Gasteiger partial charge < -0.3 is 10.4 Å². The molecule has 0 aliphatic carbocycles. The standard InChI is InChI=1S/C20H42N2O/c1-19(2)18-21-15-11-9-7-5-3-4-6-8-10-14-20(23)22-16-12-13-17-22/h19-21,23H,3-18H2,1-2H3. The highest BCUT2D eigenvalue weighted by atomic mass is 16.3. The van der Waals surface area contributed by atoms with Crippen LogP contribution in [0.5, 0.6) is 0 Å². The minimum atomic E-state index is -0.165. The SMILES string of the molecule is CC(C)CNCCCCCCCCCCCC(O)N1CCCC1. The topological polar surface area (TPSA) is 35.5 Å². The highest BCUT2D eigenvalue weighted by Crippen LogP contribution is 2.16. The number of unbranched alkanes of at least 4 members (excludes halogenated alkanes) is 8. The van der Waals surface area contributed by atoms with Gasteiger partial charge in [-0.2, -0.15) is 0 Å². The molecule has 1 aliphatic rings. The minimum absolute atomic E-state index is 0.165. The molecule has 0 saturated carbocycles. The van der Waals surface area contributed by atoms with Crippen LogP contribution in [0.15, 0.2) is 0 Å². The number of aliphatic hydroxyl groups excluding tert-OH is 1. The van der Waals surface area contributed by atoms with Crippen LogP contribution in [0.1, 0.15) is 90.9 Å². The normalized spacial score (nSPS) is 17.2. The summed E-state index contributed by atoms with van der Waals surface area (Å²) in [6.07, 6.45) is 15.5. The average molecular weight is 327 g/mol. The van der Waals surface area contributed by atoms with Gasteiger partial charge in [-0.25, -0.2) is 0 Å². The van der Waals surface area contributed by atoms with E-state index >= 15 is 0 Å². The van der Waals surface area contributed by atoms with Crippen LogP contribution in [0.3, 0.4) is 0 Å². The molecular weight excluding hydrogens is 284 g/mol. The summed E-state index contributed by atoms with van der Waals surface area (Å²) in [4.78, 5) is 2.25. The van der Waals surface area contributed by atoms with E-state index in [1.807, 2.05) is 0 Å². The maximum absolute atomic E-state index is 10.1. The fraction of sp³-hybridized carbons (Fsp3) is 1.00. The molecule has 1 rings (SSSR count). The van der Waals surface area contributed by atoms with Crippen molar-refractivity contribution in [2.75, 3.05) is 26.2 Å². The Morgan fingerprint density at radius 2 is 1.35 bits per heavy atom. The molecule has 138 valence electrons. The van der Waals surface area contributed by atoms with Crippen LogP contribution in [-0.2, 0) is 0 Å². The molecule has 1 fully saturated rings. The first-order valence-corrected chi connectivity index (χ1v) is 10.3. The summed E-state index contributed by atoms with van der Waals surface area (Å²) < 4.78 is 0. The monoisotopic (exact) mass is 326 g/mol. The van der Waals surface area contributed by atoms with Crippen LogP contribution in [0.2, 0.25) is 0 Å². The number of aliphatic hydroxyl groups is 1. The van der Waals surface area contributed by atoms with E-state index in [9.17, 15) is 5.11 Å². The molecule has 1 aliphatic heterocycles. The van der Waals surface area contributed by atoms with Crippen molar-refractivity contribution in [3.63, 3.8) is 0 Å². The molecule has 0 amide bonds. The molecule has 1 unspecified atom stereocenters. The third-order valence-electron chi connectivity index (χ3n) is 4.93. The molecule has 3 heteroatoms. The molecule has 0 aromatic carbocycles. The summed E-state index contributed by atoms with van der Waals surface area (Å²) in [5.41, 5.74) is 0. The number of hydrogen-bond donors (Lipinski definition) is 2. The van der Waals surface area contributed by atoms with Crippen molar-refractivity contribution < 1.29 is 5.11 Å². The van der Waals surface area contributed by atoms with Gasteiger partial charge in [0.25, 0.3) is 0 Å². The highest BCUT2D eigenvalue weighted by molar-refractivity contribution is 4.68. The Morgan fingerprint density at radius 3 is 1.91 bits per heavy atom. The summed E-state index contributed by atoms with van der Waals surface area (Å²) in [5, 5.41) is 13.6. The van der Waals surface area contributed by atoms with Crippen LogP contribution >= 0.6 is 0 Å². The summed E-state index contributed by atoms with van der Waals surface area (Å²) in [5.74, 6) is 0.770. The second kappa shape index (κ2) is 14.2. The van der Waals surface area contributed by atoms with Crippen LogP contribution in [0.25, 0.3) is 0 Å². The Hall–Kier alpha value is -0.120. The lowest BCUT2D eigenvalue weighted by Gasteiger charge is -2.22. The van der Waals surface area contributed by atoms with E-state index in [1.165, 1.54) is 77.2 Å². The predicted octanol–water partition coefficient (Wildman–Crippen LogP) is 4.55. The van der Waals surface area contributed by atoms with Gasteiger partial charge in [0, 0.05) is 13.1 Å². The first-order valence-electron chi connectivity index (χ1n) is 10.3. The maximum Gasteiger partial charge on any atom is 0.107 e. The van der Waals surface area contributed by atoms with Gasteiger partial charge in [0.15, 0.2) is 0 Å². The Bertz CT molecular complexity index is 252. The minimum Gasteiger partial charge on any atom is -0.378 e. The van der Waals surface area contributed by atoms with Crippen molar-refractivity contribution in [1.82, 2.24) is 10.2 Å². The molecule has 0 aromatic rings. The van der Waals surface area contributed by atoms with Crippen molar-refractivity contribution in [3.8, 4) is 0 Å². The number of hydrogen-bond acceptors (Lipinski definition) is 3. The van der Waals surface area contributed by atoms with E-state index in [2.05, 4.69) is 24.1 Å². The summed E-state index contributed by atoms with van der Waals surface area (Å²) in [6.45, 7) is 9.09. The van der Waals surface area contributed by atoms with Crippen LogP contribution in [0, 0.1) is 5.92 Å². The zero-order valence-electron chi connectivity index (χ0n) is 15.9. The lowest BCUT2D eigenvalue weighted by molar-refractivity contribution is 0.0121. The van der Waals surface area contributed by atoms with Crippen molar-refractivity contribution in [2.45, 2.75) is 97.1 Å². The third kappa shape index (κ3) is 12.0. The van der Waals surface area contributed by atoms with Gasteiger partial charge in [0.1, 0.15) is 6.23 Å². The second-order valence-corrected chi connectivity index (χ2v) is 7.79. The molecular formula is C20H42N2O. The van der Waals surface area contributed by atoms with Crippen molar-refractivity contribution >= 4 is 0 Å². The smallest absolute Gasteiger partial charge is 0.107 e. The number of nitrogens with zero attached hydrogens (tertiary/aromatic N) is 1. The zero-order chi connectivity index (χ0) is 16.8. The molecule has 0 aromatic heterocycles. The summed E-state index contributed by atoms with van der Waals surface area (Å²) in [7, 11) is 0. The van der Waals surface area contributed by atoms with E-state index in [4.69, 9.17) is 0 Å². The Kier molecular flexibility index (Phi) is 13.0. The molecule has 1 saturated heterocycles. The van der Waals surface area contributed by atoms with Crippen molar-refractivity contribution in [1.29, 1.82) is 0 Å². The van der Waals surface area contributed by atoms with Gasteiger partial charge >= 0.3 is 0 Å². The second-order valence-electron chi connectivity index (χ2n) is 7.79. The van der Waals surface area contributed by atoms with Gasteiger partial charge in [-0.05, 0) is 51.1 Å². The summed E-state index contributed by atoms with van der Waals surface area (Å²) >= 11 is 0. The predicted molar refractivity (Wildman–Crippen MR) is 101 cm³/mol. The van der Waals surface area contributed by atoms with Crippen molar-refractivity contribution in [3.05, 3.63) is 0 Å². The maximum atomic E-state index is 10.1. The summed E-state index contributed by atoms with van der Waals surface area (Å²) in [6, 6.07) is 0. The van der Waals surface area contributed by atoms with Crippen LogP contribution in [0.4, 0.5) is 0 Å². The number of likely N-dealkylation sites (tertiary alicyclic amines) is 1. The zero-order valence-corrected chi connectivity index (χ0v) is 15.9. The lowest BCUT2D eigenvalue weighted by atomic mass is 10.1.